The summed E-state index contributed by atoms with van der Waals surface area (Å²) in [5.74, 6) is 0.545. The van der Waals surface area contributed by atoms with Gasteiger partial charge in [0.05, 0.1) is 12.5 Å². The summed E-state index contributed by atoms with van der Waals surface area (Å²) < 4.78 is 0. The molecule has 92 valence electrons. The standard InChI is InChI=1S/C13H24N2O/c1-11(10-13(2,3)4)9-12(16)15(5)8-6-7-14/h11H,6,8-10H2,1-5H3. The molecule has 0 fully saturated rings. The number of nitrogens with zero attached hydrogens (tertiary/aromatic N) is 2. The van der Waals surface area contributed by atoms with E-state index in [0.717, 1.165) is 6.42 Å². The minimum atomic E-state index is 0.145. The van der Waals surface area contributed by atoms with Crippen molar-refractivity contribution >= 4 is 5.91 Å². The second kappa shape index (κ2) is 6.52. The van der Waals surface area contributed by atoms with Crippen LogP contribution >= 0.6 is 0 Å². The molecule has 1 unspecified atom stereocenters. The monoisotopic (exact) mass is 224 g/mol. The predicted molar refractivity (Wildman–Crippen MR) is 65.7 cm³/mol. The van der Waals surface area contributed by atoms with Crippen molar-refractivity contribution in [3.05, 3.63) is 0 Å². The Morgan fingerprint density at radius 1 is 1.44 bits per heavy atom. The number of carbonyl (C=O) groups excluding carboxylic acids is 1. The average molecular weight is 224 g/mol. The van der Waals surface area contributed by atoms with E-state index in [9.17, 15) is 4.79 Å². The fourth-order valence-corrected chi connectivity index (χ4v) is 1.91. The van der Waals surface area contributed by atoms with Gasteiger partial charge in [0.25, 0.3) is 0 Å². The molecule has 0 spiro atoms. The summed E-state index contributed by atoms with van der Waals surface area (Å²) in [6.07, 6.45) is 2.04. The third kappa shape index (κ3) is 7.28. The lowest BCUT2D eigenvalue weighted by Gasteiger charge is -2.24. The fourth-order valence-electron chi connectivity index (χ4n) is 1.91. The summed E-state index contributed by atoms with van der Waals surface area (Å²) in [6, 6.07) is 2.05. The van der Waals surface area contributed by atoms with Gasteiger partial charge in [-0.15, -0.1) is 0 Å². The van der Waals surface area contributed by atoms with Gasteiger partial charge in [-0.05, 0) is 17.8 Å². The molecule has 0 aliphatic heterocycles. The van der Waals surface area contributed by atoms with Gasteiger partial charge in [0, 0.05) is 20.0 Å². The molecule has 0 aliphatic rings. The van der Waals surface area contributed by atoms with Gasteiger partial charge in [-0.3, -0.25) is 4.79 Å². The third-order valence-electron chi connectivity index (χ3n) is 2.47. The number of nitriles is 1. The zero-order chi connectivity index (χ0) is 12.8. The maximum absolute atomic E-state index is 11.8. The Kier molecular flexibility index (Phi) is 6.10. The summed E-state index contributed by atoms with van der Waals surface area (Å²) in [7, 11) is 1.77. The molecule has 3 nitrogen and oxygen atoms in total. The van der Waals surface area contributed by atoms with Crippen molar-refractivity contribution in [1.82, 2.24) is 4.90 Å². The molecule has 0 bridgehead atoms. The van der Waals surface area contributed by atoms with Crippen molar-refractivity contribution in [2.24, 2.45) is 11.3 Å². The largest absolute Gasteiger partial charge is 0.345 e. The Morgan fingerprint density at radius 2 is 2.00 bits per heavy atom. The lowest BCUT2D eigenvalue weighted by atomic mass is 9.84. The minimum absolute atomic E-state index is 0.145. The lowest BCUT2D eigenvalue weighted by Crippen LogP contribution is -2.29. The Labute approximate surface area is 99.4 Å². The predicted octanol–water partition coefficient (Wildman–Crippen LogP) is 2.82. The highest BCUT2D eigenvalue weighted by Crippen LogP contribution is 2.26. The first-order valence-electron chi connectivity index (χ1n) is 5.87. The molecule has 0 aromatic carbocycles. The van der Waals surface area contributed by atoms with Crippen LogP contribution in [-0.2, 0) is 4.79 Å². The number of carbonyl (C=O) groups is 1. The van der Waals surface area contributed by atoms with Gasteiger partial charge in [0.1, 0.15) is 0 Å². The first-order valence-corrected chi connectivity index (χ1v) is 5.87. The van der Waals surface area contributed by atoms with Crippen molar-refractivity contribution in [2.75, 3.05) is 13.6 Å². The van der Waals surface area contributed by atoms with Gasteiger partial charge >= 0.3 is 0 Å². The van der Waals surface area contributed by atoms with Gasteiger partial charge in [0.2, 0.25) is 5.91 Å². The van der Waals surface area contributed by atoms with Gasteiger partial charge < -0.3 is 4.90 Å². The van der Waals surface area contributed by atoms with Crippen molar-refractivity contribution in [2.45, 2.75) is 47.0 Å². The van der Waals surface area contributed by atoms with Crippen LogP contribution in [0.1, 0.15) is 47.0 Å². The number of hydrogen-bond donors (Lipinski definition) is 0. The van der Waals surface area contributed by atoms with Gasteiger partial charge in [-0.2, -0.15) is 5.26 Å². The van der Waals surface area contributed by atoms with Crippen LogP contribution in [0.2, 0.25) is 0 Å². The molecule has 0 radical (unpaired) electrons. The van der Waals surface area contributed by atoms with Crippen molar-refractivity contribution < 1.29 is 4.79 Å². The van der Waals surface area contributed by atoms with E-state index < -0.39 is 0 Å². The van der Waals surface area contributed by atoms with Crippen molar-refractivity contribution in [1.29, 1.82) is 5.26 Å². The smallest absolute Gasteiger partial charge is 0.222 e. The van der Waals surface area contributed by atoms with E-state index in [1.54, 1.807) is 11.9 Å². The first kappa shape index (κ1) is 15.0. The van der Waals surface area contributed by atoms with Gasteiger partial charge in [-0.25, -0.2) is 0 Å². The summed E-state index contributed by atoms with van der Waals surface area (Å²) in [5, 5.41) is 8.44. The molecule has 16 heavy (non-hydrogen) atoms. The SMILES string of the molecule is CC(CC(=O)N(C)CCC#N)CC(C)(C)C. The minimum Gasteiger partial charge on any atom is -0.345 e. The van der Waals surface area contributed by atoms with Crippen LogP contribution in [0.3, 0.4) is 0 Å². The summed E-state index contributed by atoms with van der Waals surface area (Å²) in [5.41, 5.74) is 0.269. The average Bonchev–Trinajstić information content (AvgIpc) is 2.10. The quantitative estimate of drug-likeness (QED) is 0.720. The van der Waals surface area contributed by atoms with E-state index in [1.807, 2.05) is 0 Å². The van der Waals surface area contributed by atoms with E-state index in [-0.39, 0.29) is 11.3 Å². The highest BCUT2D eigenvalue weighted by Gasteiger charge is 2.19. The van der Waals surface area contributed by atoms with E-state index in [0.29, 0.717) is 25.3 Å². The summed E-state index contributed by atoms with van der Waals surface area (Å²) >= 11 is 0. The second-order valence-corrected chi connectivity index (χ2v) is 5.80. The summed E-state index contributed by atoms with van der Waals surface area (Å²) in [6.45, 7) is 9.22. The van der Waals surface area contributed by atoms with Crippen LogP contribution < -0.4 is 0 Å². The molecule has 0 aromatic rings. The normalized spacial score (nSPS) is 13.0. The molecular formula is C13H24N2O. The maximum Gasteiger partial charge on any atom is 0.222 e. The molecular weight excluding hydrogens is 200 g/mol. The fraction of sp³-hybridized carbons (Fsp3) is 0.846. The maximum atomic E-state index is 11.8. The number of hydrogen-bond acceptors (Lipinski definition) is 2. The topological polar surface area (TPSA) is 44.1 Å². The molecule has 0 heterocycles. The lowest BCUT2D eigenvalue weighted by molar-refractivity contribution is -0.130. The highest BCUT2D eigenvalue weighted by molar-refractivity contribution is 5.76. The van der Waals surface area contributed by atoms with Crippen molar-refractivity contribution in [3.63, 3.8) is 0 Å². The molecule has 0 rings (SSSR count). The Balaban J connectivity index is 4.00. The Bertz CT molecular complexity index is 260. The number of rotatable bonds is 5. The molecule has 1 atom stereocenters. The number of amides is 1. The molecule has 0 N–H and O–H groups in total. The van der Waals surface area contributed by atoms with E-state index in [1.165, 1.54) is 0 Å². The van der Waals surface area contributed by atoms with Crippen LogP contribution in [0.15, 0.2) is 0 Å². The molecule has 1 amide bonds. The summed E-state index contributed by atoms with van der Waals surface area (Å²) in [4.78, 5) is 13.4. The molecule has 0 aromatic heterocycles. The zero-order valence-corrected chi connectivity index (χ0v) is 11.2. The molecule has 0 aliphatic carbocycles. The van der Waals surface area contributed by atoms with Crippen LogP contribution in [0.4, 0.5) is 0 Å². The highest BCUT2D eigenvalue weighted by atomic mass is 16.2. The van der Waals surface area contributed by atoms with E-state index in [4.69, 9.17) is 5.26 Å². The molecule has 0 saturated heterocycles. The van der Waals surface area contributed by atoms with Gasteiger partial charge in [-0.1, -0.05) is 27.7 Å². The second-order valence-electron chi connectivity index (χ2n) is 5.80. The third-order valence-corrected chi connectivity index (χ3v) is 2.47. The van der Waals surface area contributed by atoms with Gasteiger partial charge in [0.15, 0.2) is 0 Å². The molecule has 0 saturated carbocycles. The Hall–Kier alpha value is -1.04. The van der Waals surface area contributed by atoms with Crippen LogP contribution in [0, 0.1) is 22.7 Å². The molecule has 3 heteroatoms. The van der Waals surface area contributed by atoms with Crippen molar-refractivity contribution in [3.8, 4) is 6.07 Å². The zero-order valence-electron chi connectivity index (χ0n) is 11.2. The van der Waals surface area contributed by atoms with Crippen LogP contribution in [-0.4, -0.2) is 24.4 Å². The van der Waals surface area contributed by atoms with Crippen LogP contribution in [0.5, 0.6) is 0 Å². The van der Waals surface area contributed by atoms with E-state index >= 15 is 0 Å². The Morgan fingerprint density at radius 3 is 2.44 bits per heavy atom. The first-order chi connectivity index (χ1) is 7.26. The van der Waals surface area contributed by atoms with E-state index in [2.05, 4.69) is 33.8 Å². The van der Waals surface area contributed by atoms with Crippen LogP contribution in [0.25, 0.3) is 0 Å².